The molecule has 0 aliphatic carbocycles. The van der Waals surface area contributed by atoms with Crippen LogP contribution < -0.4 is 10.1 Å². The van der Waals surface area contributed by atoms with Crippen LogP contribution in [0.15, 0.2) is 24.3 Å². The summed E-state index contributed by atoms with van der Waals surface area (Å²) in [6.07, 6.45) is 3.18. The normalized spacial score (nSPS) is 18.3. The highest BCUT2D eigenvalue weighted by molar-refractivity contribution is 5.79. The van der Waals surface area contributed by atoms with E-state index in [1.165, 1.54) is 5.56 Å². The Labute approximate surface area is 121 Å². The van der Waals surface area contributed by atoms with Crippen LogP contribution in [0.2, 0.25) is 0 Å². The van der Waals surface area contributed by atoms with Gasteiger partial charge in [-0.2, -0.15) is 0 Å². The van der Waals surface area contributed by atoms with Crippen molar-refractivity contribution < 1.29 is 9.53 Å². The molecule has 4 nitrogen and oxygen atoms in total. The summed E-state index contributed by atoms with van der Waals surface area (Å²) in [4.78, 5) is 14.3. The van der Waals surface area contributed by atoms with E-state index >= 15 is 0 Å². The van der Waals surface area contributed by atoms with Crippen molar-refractivity contribution in [1.29, 1.82) is 0 Å². The van der Waals surface area contributed by atoms with E-state index in [1.54, 1.807) is 7.11 Å². The molecule has 1 aliphatic heterocycles. The van der Waals surface area contributed by atoms with Crippen molar-refractivity contribution in [2.24, 2.45) is 0 Å². The standard InChI is InChI=1S/C16H24N2O2/c1-3-10-17-12-16(19)18-11-4-5-15(18)13-6-8-14(20-2)9-7-13/h6-9,15,17H,3-5,10-12H2,1-2H3. The van der Waals surface area contributed by atoms with E-state index in [9.17, 15) is 4.79 Å². The molecule has 1 unspecified atom stereocenters. The van der Waals surface area contributed by atoms with E-state index in [-0.39, 0.29) is 11.9 Å². The maximum atomic E-state index is 12.3. The molecule has 2 rings (SSSR count). The van der Waals surface area contributed by atoms with Crippen LogP contribution in [-0.2, 0) is 4.79 Å². The Morgan fingerprint density at radius 1 is 1.40 bits per heavy atom. The highest BCUT2D eigenvalue weighted by Gasteiger charge is 2.29. The molecule has 1 fully saturated rings. The molecule has 1 aromatic carbocycles. The number of nitrogens with one attached hydrogen (secondary N) is 1. The molecule has 0 saturated carbocycles. The van der Waals surface area contributed by atoms with Gasteiger partial charge in [-0.3, -0.25) is 4.79 Å². The van der Waals surface area contributed by atoms with Crippen LogP contribution in [-0.4, -0.2) is 37.6 Å². The minimum atomic E-state index is 0.205. The van der Waals surface area contributed by atoms with Gasteiger partial charge in [0.25, 0.3) is 0 Å². The summed E-state index contributed by atoms with van der Waals surface area (Å²) in [6, 6.07) is 8.28. The van der Waals surface area contributed by atoms with Crippen LogP contribution >= 0.6 is 0 Å². The fraction of sp³-hybridized carbons (Fsp3) is 0.562. The first kappa shape index (κ1) is 14.9. The molecule has 0 spiro atoms. The Morgan fingerprint density at radius 3 is 2.80 bits per heavy atom. The van der Waals surface area contributed by atoms with Gasteiger partial charge >= 0.3 is 0 Å². The van der Waals surface area contributed by atoms with Gasteiger partial charge in [-0.1, -0.05) is 19.1 Å². The van der Waals surface area contributed by atoms with E-state index < -0.39 is 0 Å². The van der Waals surface area contributed by atoms with Crippen LogP contribution in [0, 0.1) is 0 Å². The number of amides is 1. The number of carbonyl (C=O) groups is 1. The summed E-state index contributed by atoms with van der Waals surface area (Å²) in [5, 5.41) is 3.19. The maximum absolute atomic E-state index is 12.3. The minimum Gasteiger partial charge on any atom is -0.497 e. The molecule has 110 valence electrons. The van der Waals surface area contributed by atoms with E-state index in [2.05, 4.69) is 24.4 Å². The predicted octanol–water partition coefficient (Wildman–Crippen LogP) is 2.36. The van der Waals surface area contributed by atoms with Crippen molar-refractivity contribution in [2.45, 2.75) is 32.2 Å². The third-order valence-electron chi connectivity index (χ3n) is 3.78. The predicted molar refractivity (Wildman–Crippen MR) is 79.8 cm³/mol. The molecule has 1 saturated heterocycles. The fourth-order valence-electron chi connectivity index (χ4n) is 2.71. The SMILES string of the molecule is CCCNCC(=O)N1CCCC1c1ccc(OC)cc1. The second kappa shape index (κ2) is 7.29. The zero-order valence-corrected chi connectivity index (χ0v) is 12.4. The van der Waals surface area contributed by atoms with Gasteiger partial charge in [0.05, 0.1) is 19.7 Å². The minimum absolute atomic E-state index is 0.205. The zero-order valence-electron chi connectivity index (χ0n) is 12.4. The molecule has 0 radical (unpaired) electrons. The van der Waals surface area contributed by atoms with Crippen LogP contribution in [0.5, 0.6) is 5.75 Å². The third kappa shape index (κ3) is 3.51. The first-order chi connectivity index (χ1) is 9.76. The summed E-state index contributed by atoms with van der Waals surface area (Å²) in [5.41, 5.74) is 1.20. The zero-order chi connectivity index (χ0) is 14.4. The molecule has 1 aromatic rings. The van der Waals surface area contributed by atoms with Crippen LogP contribution in [0.4, 0.5) is 0 Å². The van der Waals surface area contributed by atoms with Gasteiger partial charge in [-0.25, -0.2) is 0 Å². The molecule has 0 aromatic heterocycles. The molecule has 20 heavy (non-hydrogen) atoms. The Morgan fingerprint density at radius 2 is 2.15 bits per heavy atom. The Bertz CT molecular complexity index is 431. The largest absolute Gasteiger partial charge is 0.497 e. The lowest BCUT2D eigenvalue weighted by atomic mass is 10.0. The number of benzene rings is 1. The Kier molecular flexibility index (Phi) is 5.41. The topological polar surface area (TPSA) is 41.6 Å². The average Bonchev–Trinajstić information content (AvgIpc) is 2.97. The van der Waals surface area contributed by atoms with Gasteiger partial charge in [-0.05, 0) is 43.5 Å². The van der Waals surface area contributed by atoms with E-state index in [0.717, 1.165) is 38.1 Å². The molecule has 1 amide bonds. The van der Waals surface area contributed by atoms with Crippen LogP contribution in [0.3, 0.4) is 0 Å². The third-order valence-corrected chi connectivity index (χ3v) is 3.78. The molecular formula is C16H24N2O2. The number of ether oxygens (including phenoxy) is 1. The molecule has 4 heteroatoms. The second-order valence-electron chi connectivity index (χ2n) is 5.20. The van der Waals surface area contributed by atoms with Crippen LogP contribution in [0.1, 0.15) is 37.8 Å². The first-order valence-corrected chi connectivity index (χ1v) is 7.40. The maximum Gasteiger partial charge on any atom is 0.237 e. The van der Waals surface area contributed by atoms with Gasteiger partial charge in [-0.15, -0.1) is 0 Å². The fourth-order valence-corrected chi connectivity index (χ4v) is 2.71. The lowest BCUT2D eigenvalue weighted by Gasteiger charge is -2.25. The smallest absolute Gasteiger partial charge is 0.237 e. The quantitative estimate of drug-likeness (QED) is 0.811. The molecule has 1 heterocycles. The van der Waals surface area contributed by atoms with Gasteiger partial charge in [0.2, 0.25) is 5.91 Å². The van der Waals surface area contributed by atoms with Gasteiger partial charge in [0, 0.05) is 6.54 Å². The average molecular weight is 276 g/mol. The molecule has 1 atom stereocenters. The van der Waals surface area contributed by atoms with E-state index in [1.807, 2.05) is 17.0 Å². The summed E-state index contributed by atoms with van der Waals surface area (Å²) in [5.74, 6) is 1.06. The lowest BCUT2D eigenvalue weighted by molar-refractivity contribution is -0.131. The molecule has 1 aliphatic rings. The monoisotopic (exact) mass is 276 g/mol. The van der Waals surface area contributed by atoms with E-state index in [0.29, 0.717) is 6.54 Å². The highest BCUT2D eigenvalue weighted by Crippen LogP contribution is 2.32. The molecule has 0 bridgehead atoms. The Hall–Kier alpha value is -1.55. The Balaban J connectivity index is 2.00. The number of nitrogens with zero attached hydrogens (tertiary/aromatic N) is 1. The van der Waals surface area contributed by atoms with Crippen molar-refractivity contribution >= 4 is 5.91 Å². The van der Waals surface area contributed by atoms with Gasteiger partial charge in [0.15, 0.2) is 0 Å². The number of likely N-dealkylation sites (tertiary alicyclic amines) is 1. The lowest BCUT2D eigenvalue weighted by Crippen LogP contribution is -2.38. The number of carbonyl (C=O) groups excluding carboxylic acids is 1. The molecular weight excluding hydrogens is 252 g/mol. The second-order valence-corrected chi connectivity index (χ2v) is 5.20. The number of hydrogen-bond acceptors (Lipinski definition) is 3. The number of hydrogen-bond donors (Lipinski definition) is 1. The van der Waals surface area contributed by atoms with Crippen molar-refractivity contribution in [1.82, 2.24) is 10.2 Å². The van der Waals surface area contributed by atoms with Gasteiger partial charge < -0.3 is 15.0 Å². The summed E-state index contributed by atoms with van der Waals surface area (Å²) in [6.45, 7) is 4.31. The summed E-state index contributed by atoms with van der Waals surface area (Å²) >= 11 is 0. The van der Waals surface area contributed by atoms with E-state index in [4.69, 9.17) is 4.74 Å². The van der Waals surface area contributed by atoms with Crippen molar-refractivity contribution in [3.05, 3.63) is 29.8 Å². The van der Waals surface area contributed by atoms with Crippen LogP contribution in [0.25, 0.3) is 0 Å². The van der Waals surface area contributed by atoms with Crippen molar-refractivity contribution in [3.63, 3.8) is 0 Å². The summed E-state index contributed by atoms with van der Waals surface area (Å²) in [7, 11) is 1.67. The number of rotatable bonds is 6. The first-order valence-electron chi connectivity index (χ1n) is 7.40. The number of methoxy groups -OCH3 is 1. The van der Waals surface area contributed by atoms with Gasteiger partial charge in [0.1, 0.15) is 5.75 Å². The summed E-state index contributed by atoms with van der Waals surface area (Å²) < 4.78 is 5.18. The molecule has 1 N–H and O–H groups in total. The van der Waals surface area contributed by atoms with Crippen molar-refractivity contribution in [3.8, 4) is 5.75 Å². The van der Waals surface area contributed by atoms with Crippen molar-refractivity contribution in [2.75, 3.05) is 26.7 Å². The highest BCUT2D eigenvalue weighted by atomic mass is 16.5.